The van der Waals surface area contributed by atoms with Gasteiger partial charge in [0.15, 0.2) is 0 Å². The molecule has 5 aromatic rings. The molecule has 1 atom stereocenters. The molecule has 0 aliphatic carbocycles. The number of amides is 1. The number of nitrogens with one attached hydrogen (secondary N) is 3. The molecule has 4 heterocycles. The fourth-order valence-electron chi connectivity index (χ4n) is 5.75. The normalized spacial score (nSPS) is 14.3. The Kier molecular flexibility index (Phi) is 10.0. The molecule has 1 aliphatic heterocycles. The summed E-state index contributed by atoms with van der Waals surface area (Å²) in [5, 5.41) is 18.8. The minimum absolute atomic E-state index is 0.0540. The molecule has 13 heteroatoms. The average molecular weight is 688 g/mol. The molecule has 6 rings (SSSR count). The second-order valence-corrected chi connectivity index (χ2v) is 12.1. The largest absolute Gasteiger partial charge is 0.481 e. The minimum Gasteiger partial charge on any atom is -0.481 e. The van der Waals surface area contributed by atoms with Crippen LogP contribution in [0, 0.1) is 0 Å². The molecule has 2 aromatic carbocycles. The summed E-state index contributed by atoms with van der Waals surface area (Å²) in [5.41, 5.74) is 5.74. The fourth-order valence-corrected chi connectivity index (χ4v) is 6.41. The quantitative estimate of drug-likeness (QED) is 0.143. The van der Waals surface area contributed by atoms with Crippen molar-refractivity contribution in [2.24, 2.45) is 0 Å². The molecule has 0 unspecified atom stereocenters. The van der Waals surface area contributed by atoms with Crippen LogP contribution in [-0.4, -0.2) is 57.6 Å². The molecule has 0 spiro atoms. The van der Waals surface area contributed by atoms with Crippen molar-refractivity contribution in [1.29, 1.82) is 0 Å². The van der Waals surface area contributed by atoms with E-state index in [1.54, 1.807) is 12.4 Å². The van der Waals surface area contributed by atoms with E-state index in [0.717, 1.165) is 17.5 Å². The van der Waals surface area contributed by atoms with Gasteiger partial charge in [-0.1, -0.05) is 65.7 Å². The standard InChI is InChI=1S/C35H32Cl2N6O5/c1-48-34-21(15-39-19-31(45)46)8-10-28(42-34)27-7-3-6-26(33(27)37)25-5-2-4-24(32(25)36)20-12-13-43-29(14-20)40-17-22(35(43)47)16-38-18-23-9-11-30(44)41-23/h2-8,10,12-14,17,23,38-39H,9,11,15-16,18-19H2,1H3,(H,41,44)(H,45,46)/t23-/m1/s1. The van der Waals surface area contributed by atoms with E-state index < -0.39 is 5.97 Å². The molecule has 1 amide bonds. The zero-order valence-corrected chi connectivity index (χ0v) is 27.4. The van der Waals surface area contributed by atoms with Crippen LogP contribution < -0.4 is 26.2 Å². The van der Waals surface area contributed by atoms with Crippen molar-refractivity contribution in [2.75, 3.05) is 20.2 Å². The number of pyridine rings is 2. The Morgan fingerprint density at radius 3 is 2.40 bits per heavy atom. The number of fused-ring (bicyclic) bond motifs is 1. The van der Waals surface area contributed by atoms with Crippen LogP contribution in [0.5, 0.6) is 5.88 Å². The molecule has 11 nitrogen and oxygen atoms in total. The number of nitrogens with zero attached hydrogens (tertiary/aromatic N) is 3. The monoisotopic (exact) mass is 686 g/mol. The summed E-state index contributed by atoms with van der Waals surface area (Å²) in [6.07, 6.45) is 4.58. The number of carbonyl (C=O) groups is 2. The third-order valence-electron chi connectivity index (χ3n) is 8.17. The maximum atomic E-state index is 13.2. The number of rotatable bonds is 12. The lowest BCUT2D eigenvalue weighted by Crippen LogP contribution is -2.36. The second-order valence-electron chi connectivity index (χ2n) is 11.4. The first-order valence-electron chi connectivity index (χ1n) is 15.3. The Hall–Kier alpha value is -4.81. The smallest absolute Gasteiger partial charge is 0.317 e. The first-order valence-corrected chi connectivity index (χ1v) is 16.0. The molecule has 1 fully saturated rings. The van der Waals surface area contributed by atoms with Crippen molar-refractivity contribution in [3.05, 3.63) is 105 Å². The lowest BCUT2D eigenvalue weighted by molar-refractivity contribution is -0.136. The van der Waals surface area contributed by atoms with Crippen LogP contribution in [0.15, 0.2) is 77.9 Å². The molecule has 0 bridgehead atoms. The number of aliphatic carboxylic acids is 1. The molecular weight excluding hydrogens is 655 g/mol. The highest BCUT2D eigenvalue weighted by molar-refractivity contribution is 6.39. The van der Waals surface area contributed by atoms with E-state index in [4.69, 9.17) is 33.0 Å². The number of ether oxygens (including phenoxy) is 1. The number of aromatic nitrogens is 3. The summed E-state index contributed by atoms with van der Waals surface area (Å²) >= 11 is 14.1. The van der Waals surface area contributed by atoms with E-state index in [1.807, 2.05) is 60.7 Å². The van der Waals surface area contributed by atoms with E-state index in [1.165, 1.54) is 11.5 Å². The van der Waals surface area contributed by atoms with Crippen molar-refractivity contribution in [2.45, 2.75) is 32.0 Å². The Balaban J connectivity index is 1.26. The average Bonchev–Trinajstić information content (AvgIpc) is 3.50. The lowest BCUT2D eigenvalue weighted by Gasteiger charge is -2.15. The van der Waals surface area contributed by atoms with Gasteiger partial charge in [-0.25, -0.2) is 9.97 Å². The SMILES string of the molecule is COc1nc(-c2cccc(-c3cccc(-c4ccn5c(=O)c(CNC[C@H]6CCC(=O)N6)cnc5c4)c3Cl)c2Cl)ccc1CNCC(=O)O. The molecule has 48 heavy (non-hydrogen) atoms. The Labute approximate surface area is 285 Å². The van der Waals surface area contributed by atoms with Gasteiger partial charge >= 0.3 is 5.97 Å². The van der Waals surface area contributed by atoms with Gasteiger partial charge in [0.05, 0.1) is 29.4 Å². The third-order valence-corrected chi connectivity index (χ3v) is 8.98. The summed E-state index contributed by atoms with van der Waals surface area (Å²) in [6, 6.07) is 18.6. The van der Waals surface area contributed by atoms with Crippen LogP contribution in [0.1, 0.15) is 24.0 Å². The van der Waals surface area contributed by atoms with Gasteiger partial charge in [0.1, 0.15) is 5.65 Å². The first kappa shape index (κ1) is 33.1. The predicted molar refractivity (Wildman–Crippen MR) is 184 cm³/mol. The third kappa shape index (κ3) is 7.04. The van der Waals surface area contributed by atoms with E-state index in [9.17, 15) is 14.4 Å². The van der Waals surface area contributed by atoms with Crippen molar-refractivity contribution in [3.8, 4) is 39.4 Å². The molecule has 3 aromatic heterocycles. The van der Waals surface area contributed by atoms with Crippen molar-refractivity contribution in [3.63, 3.8) is 0 Å². The number of carbonyl (C=O) groups excluding carboxylic acids is 1. The molecule has 1 aliphatic rings. The van der Waals surface area contributed by atoms with Crippen molar-refractivity contribution in [1.82, 2.24) is 30.3 Å². The van der Waals surface area contributed by atoms with Crippen LogP contribution in [-0.2, 0) is 22.7 Å². The Morgan fingerprint density at radius 1 is 0.979 bits per heavy atom. The van der Waals surface area contributed by atoms with Gasteiger partial charge in [0, 0.05) is 77.9 Å². The highest BCUT2D eigenvalue weighted by Crippen LogP contribution is 2.42. The molecule has 4 N–H and O–H groups in total. The van der Waals surface area contributed by atoms with E-state index in [0.29, 0.717) is 74.6 Å². The summed E-state index contributed by atoms with van der Waals surface area (Å²) in [4.78, 5) is 44.7. The molecule has 1 saturated heterocycles. The number of benzene rings is 2. The molecular formula is C35H32Cl2N6O5. The molecule has 0 radical (unpaired) electrons. The topological polar surface area (TPSA) is 147 Å². The number of halogens is 2. The second kappa shape index (κ2) is 14.5. The molecule has 246 valence electrons. The van der Waals surface area contributed by atoms with Gasteiger partial charge in [0.25, 0.3) is 5.56 Å². The highest BCUT2D eigenvalue weighted by Gasteiger charge is 2.21. The first-order chi connectivity index (χ1) is 23.2. The van der Waals surface area contributed by atoms with Crippen molar-refractivity contribution >= 4 is 40.7 Å². The highest BCUT2D eigenvalue weighted by atomic mass is 35.5. The fraction of sp³-hybridized carbons (Fsp3) is 0.229. The predicted octanol–water partition coefficient (Wildman–Crippen LogP) is 4.95. The maximum Gasteiger partial charge on any atom is 0.317 e. The number of hydrogen-bond donors (Lipinski definition) is 4. The maximum absolute atomic E-state index is 13.2. The van der Waals surface area contributed by atoms with Crippen LogP contribution in [0.3, 0.4) is 0 Å². The minimum atomic E-state index is -0.954. The van der Waals surface area contributed by atoms with Gasteiger partial charge in [0.2, 0.25) is 11.8 Å². The van der Waals surface area contributed by atoms with Gasteiger partial charge in [-0.2, -0.15) is 0 Å². The number of carboxylic acid groups (broad SMARTS) is 1. The number of carboxylic acids is 1. The Morgan fingerprint density at radius 2 is 1.69 bits per heavy atom. The van der Waals surface area contributed by atoms with Crippen LogP contribution in [0.4, 0.5) is 0 Å². The van der Waals surface area contributed by atoms with Crippen LogP contribution in [0.2, 0.25) is 10.0 Å². The summed E-state index contributed by atoms with van der Waals surface area (Å²) in [5.74, 6) is -0.541. The molecule has 0 saturated carbocycles. The van der Waals surface area contributed by atoms with Gasteiger partial charge < -0.3 is 25.8 Å². The van der Waals surface area contributed by atoms with E-state index >= 15 is 0 Å². The summed E-state index contributed by atoms with van der Waals surface area (Å²) in [7, 11) is 1.51. The van der Waals surface area contributed by atoms with Crippen molar-refractivity contribution < 1.29 is 19.4 Å². The zero-order valence-electron chi connectivity index (χ0n) is 25.9. The summed E-state index contributed by atoms with van der Waals surface area (Å²) in [6.45, 7) is 1.01. The Bertz CT molecular complexity index is 2090. The van der Waals surface area contributed by atoms with E-state index in [2.05, 4.69) is 25.9 Å². The summed E-state index contributed by atoms with van der Waals surface area (Å²) < 4.78 is 6.99. The zero-order chi connectivity index (χ0) is 33.8. The lowest BCUT2D eigenvalue weighted by atomic mass is 9.97. The van der Waals surface area contributed by atoms with Gasteiger partial charge in [-0.15, -0.1) is 0 Å². The van der Waals surface area contributed by atoms with Gasteiger partial charge in [-0.3, -0.25) is 18.8 Å². The number of methoxy groups -OCH3 is 1. The van der Waals surface area contributed by atoms with E-state index in [-0.39, 0.29) is 30.6 Å². The van der Waals surface area contributed by atoms with Crippen LogP contribution >= 0.6 is 23.2 Å². The van der Waals surface area contributed by atoms with Crippen LogP contribution in [0.25, 0.3) is 39.2 Å². The van der Waals surface area contributed by atoms with Gasteiger partial charge in [-0.05, 0) is 30.2 Å². The number of hydrogen-bond acceptors (Lipinski definition) is 8.